The van der Waals surface area contributed by atoms with E-state index in [2.05, 4.69) is 26.6 Å². The maximum absolute atomic E-state index is 11.9. The van der Waals surface area contributed by atoms with E-state index in [1.165, 1.54) is 12.8 Å². The fraction of sp³-hybridized carbons (Fsp3) is 0.533. The van der Waals surface area contributed by atoms with E-state index in [-0.39, 0.29) is 5.91 Å². The van der Waals surface area contributed by atoms with Gasteiger partial charge in [-0.2, -0.15) is 0 Å². The molecule has 0 spiro atoms. The van der Waals surface area contributed by atoms with Crippen LogP contribution in [0.5, 0.6) is 0 Å². The molecule has 1 amide bonds. The Morgan fingerprint density at radius 2 is 2.15 bits per heavy atom. The highest BCUT2D eigenvalue weighted by Crippen LogP contribution is 2.25. The van der Waals surface area contributed by atoms with Gasteiger partial charge in [0.25, 0.3) is 0 Å². The second-order valence-corrected chi connectivity index (χ2v) is 5.96. The number of halogens is 1. The summed E-state index contributed by atoms with van der Waals surface area (Å²) in [5, 5.41) is 6.26. The molecule has 2 rings (SSSR count). The summed E-state index contributed by atoms with van der Waals surface area (Å²) in [6.45, 7) is 0.803. The number of anilines is 1. The first-order valence-corrected chi connectivity index (χ1v) is 7.79. The van der Waals surface area contributed by atoms with E-state index >= 15 is 0 Å². The smallest absolute Gasteiger partial charge is 0.239 e. The number of nitrogens with one attached hydrogen (secondary N) is 2. The molecule has 1 aromatic carbocycles. The highest BCUT2D eigenvalue weighted by molar-refractivity contribution is 9.10. The van der Waals surface area contributed by atoms with Gasteiger partial charge in [-0.1, -0.05) is 34.8 Å². The SMILES string of the molecule is COCc1c(Br)cccc1NCC(=O)NC1CCCC1. The highest BCUT2D eigenvalue weighted by Gasteiger charge is 2.17. The van der Waals surface area contributed by atoms with E-state index in [0.717, 1.165) is 28.6 Å². The average molecular weight is 341 g/mol. The number of hydrogen-bond donors (Lipinski definition) is 2. The molecule has 110 valence electrons. The standard InChI is InChI=1S/C15H21BrN2O2/c1-20-10-12-13(16)7-4-8-14(12)17-9-15(19)18-11-5-2-3-6-11/h4,7-8,11,17H,2-3,5-6,9-10H2,1H3,(H,18,19). The zero-order valence-corrected chi connectivity index (χ0v) is 13.3. The number of carbonyl (C=O) groups is 1. The minimum atomic E-state index is 0.0558. The molecule has 0 unspecified atom stereocenters. The second kappa shape index (κ2) is 7.64. The van der Waals surface area contributed by atoms with Crippen molar-refractivity contribution < 1.29 is 9.53 Å². The number of methoxy groups -OCH3 is 1. The van der Waals surface area contributed by atoms with Gasteiger partial charge in [0.2, 0.25) is 5.91 Å². The number of hydrogen-bond acceptors (Lipinski definition) is 3. The second-order valence-electron chi connectivity index (χ2n) is 5.10. The van der Waals surface area contributed by atoms with Crippen LogP contribution in [0.15, 0.2) is 22.7 Å². The number of amides is 1. The van der Waals surface area contributed by atoms with E-state index in [4.69, 9.17) is 4.74 Å². The summed E-state index contributed by atoms with van der Waals surface area (Å²) in [5.41, 5.74) is 1.96. The first kappa shape index (κ1) is 15.3. The van der Waals surface area contributed by atoms with Gasteiger partial charge in [0.05, 0.1) is 13.2 Å². The maximum atomic E-state index is 11.9. The Balaban J connectivity index is 1.89. The molecule has 0 aromatic heterocycles. The van der Waals surface area contributed by atoms with Gasteiger partial charge in [0.15, 0.2) is 0 Å². The van der Waals surface area contributed by atoms with Crippen LogP contribution in [0.2, 0.25) is 0 Å². The van der Waals surface area contributed by atoms with Crippen molar-refractivity contribution >= 4 is 27.5 Å². The molecule has 1 fully saturated rings. The van der Waals surface area contributed by atoms with Crippen LogP contribution in [0.4, 0.5) is 5.69 Å². The van der Waals surface area contributed by atoms with Crippen LogP contribution in [0.3, 0.4) is 0 Å². The summed E-state index contributed by atoms with van der Waals surface area (Å²) >= 11 is 3.51. The molecular formula is C15H21BrN2O2. The normalized spacial score (nSPS) is 15.3. The van der Waals surface area contributed by atoms with Crippen LogP contribution in [0.1, 0.15) is 31.2 Å². The Kier molecular flexibility index (Phi) is 5.86. The van der Waals surface area contributed by atoms with Gasteiger partial charge in [0, 0.05) is 28.9 Å². The summed E-state index contributed by atoms with van der Waals surface area (Å²) in [7, 11) is 1.66. The number of carbonyl (C=O) groups excluding carboxylic acids is 1. The Morgan fingerprint density at radius 1 is 1.40 bits per heavy atom. The van der Waals surface area contributed by atoms with Crippen LogP contribution in [0.25, 0.3) is 0 Å². The molecule has 0 bridgehead atoms. The highest BCUT2D eigenvalue weighted by atomic mass is 79.9. The van der Waals surface area contributed by atoms with Gasteiger partial charge in [-0.3, -0.25) is 4.79 Å². The van der Waals surface area contributed by atoms with E-state index in [9.17, 15) is 4.79 Å². The third-order valence-corrected chi connectivity index (χ3v) is 4.31. The van der Waals surface area contributed by atoms with Crippen molar-refractivity contribution in [2.45, 2.75) is 38.3 Å². The van der Waals surface area contributed by atoms with Crippen molar-refractivity contribution in [3.63, 3.8) is 0 Å². The molecule has 0 atom stereocenters. The molecule has 1 aliphatic rings. The average Bonchev–Trinajstić information content (AvgIpc) is 2.92. The fourth-order valence-corrected chi connectivity index (χ4v) is 3.02. The molecule has 0 saturated heterocycles. The first-order chi connectivity index (χ1) is 9.70. The summed E-state index contributed by atoms with van der Waals surface area (Å²) in [4.78, 5) is 11.9. The van der Waals surface area contributed by atoms with E-state index in [1.807, 2.05) is 18.2 Å². The predicted molar refractivity (Wildman–Crippen MR) is 83.7 cm³/mol. The zero-order valence-electron chi connectivity index (χ0n) is 11.7. The number of rotatable bonds is 6. The first-order valence-electron chi connectivity index (χ1n) is 7.00. The monoisotopic (exact) mass is 340 g/mol. The quantitative estimate of drug-likeness (QED) is 0.836. The molecule has 5 heteroatoms. The summed E-state index contributed by atoms with van der Waals surface area (Å²) in [6, 6.07) is 6.24. The van der Waals surface area contributed by atoms with E-state index < -0.39 is 0 Å². The minimum Gasteiger partial charge on any atom is -0.380 e. The van der Waals surface area contributed by atoms with Gasteiger partial charge in [-0.25, -0.2) is 0 Å². The van der Waals surface area contributed by atoms with Crippen molar-refractivity contribution in [2.24, 2.45) is 0 Å². The van der Waals surface area contributed by atoms with Crippen molar-refractivity contribution in [1.29, 1.82) is 0 Å². The van der Waals surface area contributed by atoms with Crippen molar-refractivity contribution in [3.05, 3.63) is 28.2 Å². The lowest BCUT2D eigenvalue weighted by atomic mass is 10.2. The Morgan fingerprint density at radius 3 is 2.85 bits per heavy atom. The van der Waals surface area contributed by atoms with E-state index in [1.54, 1.807) is 7.11 Å². The van der Waals surface area contributed by atoms with Crippen LogP contribution >= 0.6 is 15.9 Å². The van der Waals surface area contributed by atoms with Gasteiger partial charge in [0.1, 0.15) is 0 Å². The third-order valence-electron chi connectivity index (χ3n) is 3.57. The van der Waals surface area contributed by atoms with Crippen molar-refractivity contribution in [1.82, 2.24) is 5.32 Å². The third kappa shape index (κ3) is 4.21. The van der Waals surface area contributed by atoms with Crippen molar-refractivity contribution in [3.8, 4) is 0 Å². The summed E-state index contributed by atoms with van der Waals surface area (Å²) < 4.78 is 6.18. The molecule has 1 saturated carbocycles. The molecule has 1 aromatic rings. The van der Waals surface area contributed by atoms with Crippen molar-refractivity contribution in [2.75, 3.05) is 19.0 Å². The minimum absolute atomic E-state index is 0.0558. The van der Waals surface area contributed by atoms with Gasteiger partial charge >= 0.3 is 0 Å². The summed E-state index contributed by atoms with van der Waals surface area (Å²) in [5.74, 6) is 0.0558. The Labute approximate surface area is 128 Å². The van der Waals surface area contributed by atoms with Gasteiger partial charge < -0.3 is 15.4 Å². The largest absolute Gasteiger partial charge is 0.380 e. The molecule has 2 N–H and O–H groups in total. The van der Waals surface area contributed by atoms with Crippen LogP contribution in [-0.2, 0) is 16.1 Å². The number of ether oxygens (including phenoxy) is 1. The molecule has 4 nitrogen and oxygen atoms in total. The summed E-state index contributed by atoms with van der Waals surface area (Å²) in [6.07, 6.45) is 4.67. The lowest BCUT2D eigenvalue weighted by Crippen LogP contribution is -2.36. The molecule has 0 heterocycles. The zero-order chi connectivity index (χ0) is 14.4. The lowest BCUT2D eigenvalue weighted by molar-refractivity contribution is -0.120. The Bertz CT molecular complexity index is 459. The lowest BCUT2D eigenvalue weighted by Gasteiger charge is -2.15. The molecule has 1 aliphatic carbocycles. The Hall–Kier alpha value is -1.07. The number of benzene rings is 1. The van der Waals surface area contributed by atoms with Crippen LogP contribution in [0, 0.1) is 0 Å². The maximum Gasteiger partial charge on any atom is 0.239 e. The van der Waals surface area contributed by atoms with E-state index in [0.29, 0.717) is 19.2 Å². The van der Waals surface area contributed by atoms with Crippen LogP contribution < -0.4 is 10.6 Å². The molecule has 20 heavy (non-hydrogen) atoms. The fourth-order valence-electron chi connectivity index (χ4n) is 2.54. The molecule has 0 radical (unpaired) electrons. The van der Waals surface area contributed by atoms with Crippen LogP contribution in [-0.4, -0.2) is 25.6 Å². The van der Waals surface area contributed by atoms with Gasteiger partial charge in [-0.15, -0.1) is 0 Å². The van der Waals surface area contributed by atoms with Gasteiger partial charge in [-0.05, 0) is 25.0 Å². The predicted octanol–water partition coefficient (Wildman–Crippen LogP) is 3.07. The molecular weight excluding hydrogens is 320 g/mol. The topological polar surface area (TPSA) is 50.4 Å². The molecule has 0 aliphatic heterocycles.